The average Bonchev–Trinajstić information content (AvgIpc) is 2.29. The van der Waals surface area contributed by atoms with Crippen LogP contribution >= 0.6 is 0 Å². The van der Waals surface area contributed by atoms with Crippen LogP contribution in [-0.4, -0.2) is 20.7 Å². The van der Waals surface area contributed by atoms with Gasteiger partial charge in [-0.1, -0.05) is 13.8 Å². The first-order valence-corrected chi connectivity index (χ1v) is 4.10. The molecular formula is C8H12N3NaO2. The Bertz CT molecular complexity index is 322. The van der Waals surface area contributed by atoms with E-state index in [2.05, 4.69) is 10.1 Å². The van der Waals surface area contributed by atoms with Gasteiger partial charge in [-0.3, -0.25) is 4.68 Å². The predicted molar refractivity (Wildman–Crippen MR) is 43.8 cm³/mol. The molecule has 0 atom stereocenters. The van der Waals surface area contributed by atoms with Gasteiger partial charge in [0.15, 0.2) is 5.82 Å². The third-order valence-electron chi connectivity index (χ3n) is 1.66. The van der Waals surface area contributed by atoms with Crippen molar-refractivity contribution in [3.05, 3.63) is 11.6 Å². The smallest absolute Gasteiger partial charge is 0.550 e. The van der Waals surface area contributed by atoms with E-state index in [0.29, 0.717) is 5.82 Å². The first-order valence-electron chi connectivity index (χ1n) is 4.10. The van der Waals surface area contributed by atoms with Crippen molar-refractivity contribution in [2.24, 2.45) is 7.05 Å². The molecule has 1 aromatic heterocycles. The summed E-state index contributed by atoms with van der Waals surface area (Å²) in [5.41, 5.74) is 0. The van der Waals surface area contributed by atoms with Crippen LogP contribution in [0.2, 0.25) is 0 Å². The van der Waals surface area contributed by atoms with Gasteiger partial charge in [-0.25, -0.2) is 4.98 Å². The summed E-state index contributed by atoms with van der Waals surface area (Å²) in [7, 11) is 1.75. The van der Waals surface area contributed by atoms with Gasteiger partial charge < -0.3 is 9.90 Å². The van der Waals surface area contributed by atoms with Crippen LogP contribution < -0.4 is 34.7 Å². The number of carbonyl (C=O) groups is 1. The van der Waals surface area contributed by atoms with Crippen LogP contribution in [0.5, 0.6) is 0 Å². The second-order valence-corrected chi connectivity index (χ2v) is 3.21. The summed E-state index contributed by atoms with van der Waals surface area (Å²) in [6.07, 6.45) is -0.222. The number of hydrogen-bond acceptors (Lipinski definition) is 4. The fraction of sp³-hybridized carbons (Fsp3) is 0.625. The molecule has 1 rings (SSSR count). The van der Waals surface area contributed by atoms with Crippen molar-refractivity contribution in [1.29, 1.82) is 0 Å². The third kappa shape index (κ3) is 3.40. The number of carboxylic acids is 1. The molecule has 0 aliphatic heterocycles. The molecule has 1 aromatic rings. The number of hydrogen-bond donors (Lipinski definition) is 0. The molecule has 0 spiro atoms. The molecule has 14 heavy (non-hydrogen) atoms. The second kappa shape index (κ2) is 5.48. The van der Waals surface area contributed by atoms with Crippen LogP contribution in [0.25, 0.3) is 0 Å². The van der Waals surface area contributed by atoms with E-state index in [4.69, 9.17) is 0 Å². The van der Waals surface area contributed by atoms with Gasteiger partial charge in [-0.05, 0) is 0 Å². The standard InChI is InChI=1S/C8H13N3O2.Na/c1-5(2)8-9-6(4-7(12)13)10-11(8)3;/h5H,4H2,1-3H3,(H,12,13);/q;+1/p-1. The molecule has 72 valence electrons. The topological polar surface area (TPSA) is 70.8 Å². The zero-order valence-corrected chi connectivity index (χ0v) is 10.9. The van der Waals surface area contributed by atoms with Crippen molar-refractivity contribution in [2.45, 2.75) is 26.2 Å². The largest absolute Gasteiger partial charge is 1.00 e. The van der Waals surface area contributed by atoms with Gasteiger partial charge >= 0.3 is 29.6 Å². The van der Waals surface area contributed by atoms with Crippen molar-refractivity contribution in [2.75, 3.05) is 0 Å². The molecule has 0 saturated heterocycles. The fourth-order valence-corrected chi connectivity index (χ4v) is 1.16. The molecule has 0 aliphatic rings. The number of carboxylic acid groups (broad SMARTS) is 1. The van der Waals surface area contributed by atoms with Crippen LogP contribution in [0, 0.1) is 0 Å². The van der Waals surface area contributed by atoms with E-state index in [9.17, 15) is 9.90 Å². The molecule has 0 aromatic carbocycles. The maximum atomic E-state index is 10.3. The van der Waals surface area contributed by atoms with Crippen molar-refractivity contribution >= 4 is 5.97 Å². The number of aliphatic carboxylic acids is 1. The number of aryl methyl sites for hydroxylation is 1. The van der Waals surface area contributed by atoms with E-state index in [1.807, 2.05) is 13.8 Å². The zero-order chi connectivity index (χ0) is 10.0. The van der Waals surface area contributed by atoms with E-state index < -0.39 is 5.97 Å². The molecule has 0 aliphatic carbocycles. The summed E-state index contributed by atoms with van der Waals surface area (Å²) in [6, 6.07) is 0. The van der Waals surface area contributed by atoms with Crippen molar-refractivity contribution in [1.82, 2.24) is 14.8 Å². The quantitative estimate of drug-likeness (QED) is 0.475. The Kier molecular flexibility index (Phi) is 5.33. The second-order valence-electron chi connectivity index (χ2n) is 3.21. The zero-order valence-electron chi connectivity index (χ0n) is 8.94. The summed E-state index contributed by atoms with van der Waals surface area (Å²) in [5.74, 6) is 0.191. The van der Waals surface area contributed by atoms with Crippen LogP contribution in [0.3, 0.4) is 0 Å². The first kappa shape index (κ1) is 13.6. The summed E-state index contributed by atoms with van der Waals surface area (Å²) in [5, 5.41) is 14.2. The van der Waals surface area contributed by atoms with E-state index in [1.165, 1.54) is 0 Å². The Morgan fingerprint density at radius 1 is 1.57 bits per heavy atom. The monoisotopic (exact) mass is 205 g/mol. The Morgan fingerprint density at radius 3 is 2.50 bits per heavy atom. The molecular weight excluding hydrogens is 193 g/mol. The molecule has 0 radical (unpaired) electrons. The van der Waals surface area contributed by atoms with Crippen molar-refractivity contribution in [3.8, 4) is 0 Å². The van der Waals surface area contributed by atoms with Crippen molar-refractivity contribution < 1.29 is 39.5 Å². The van der Waals surface area contributed by atoms with Gasteiger partial charge in [0.05, 0.1) is 0 Å². The molecule has 1 heterocycles. The van der Waals surface area contributed by atoms with Crippen LogP contribution in [0.4, 0.5) is 0 Å². The number of carbonyl (C=O) groups excluding carboxylic acids is 1. The van der Waals surface area contributed by atoms with Crippen LogP contribution in [0.15, 0.2) is 0 Å². The van der Waals surface area contributed by atoms with Gasteiger partial charge in [0, 0.05) is 25.4 Å². The minimum atomic E-state index is -1.15. The molecule has 6 heteroatoms. The van der Waals surface area contributed by atoms with Gasteiger partial charge in [-0.2, -0.15) is 5.10 Å². The molecule has 0 bridgehead atoms. The van der Waals surface area contributed by atoms with E-state index in [0.717, 1.165) is 5.82 Å². The van der Waals surface area contributed by atoms with Crippen LogP contribution in [-0.2, 0) is 18.3 Å². The Labute approximate surface area is 105 Å². The minimum absolute atomic E-state index is 0. The summed E-state index contributed by atoms with van der Waals surface area (Å²) in [6.45, 7) is 3.96. The Balaban J connectivity index is 0.00000169. The van der Waals surface area contributed by atoms with Gasteiger partial charge in [0.2, 0.25) is 0 Å². The molecule has 0 N–H and O–H groups in total. The molecule has 0 saturated carbocycles. The molecule has 0 fully saturated rings. The number of nitrogens with zero attached hydrogens (tertiary/aromatic N) is 3. The SMILES string of the molecule is CC(C)c1nc(CC(=O)[O-])nn1C.[Na+]. The molecule has 0 amide bonds. The Hall–Kier alpha value is -0.390. The maximum absolute atomic E-state index is 10.3. The summed E-state index contributed by atoms with van der Waals surface area (Å²) >= 11 is 0. The molecule has 5 nitrogen and oxygen atoms in total. The van der Waals surface area contributed by atoms with E-state index >= 15 is 0 Å². The van der Waals surface area contributed by atoms with Crippen molar-refractivity contribution in [3.63, 3.8) is 0 Å². The van der Waals surface area contributed by atoms with E-state index in [1.54, 1.807) is 11.7 Å². The van der Waals surface area contributed by atoms with E-state index in [-0.39, 0.29) is 41.9 Å². The predicted octanol–water partition coefficient (Wildman–Crippen LogP) is -3.77. The van der Waals surface area contributed by atoms with Crippen LogP contribution in [0.1, 0.15) is 31.4 Å². The number of aromatic nitrogens is 3. The normalized spacial score (nSPS) is 10.0. The summed E-state index contributed by atoms with van der Waals surface area (Å²) < 4.78 is 1.60. The average molecular weight is 205 g/mol. The Morgan fingerprint density at radius 2 is 2.14 bits per heavy atom. The first-order chi connectivity index (χ1) is 6.00. The maximum Gasteiger partial charge on any atom is 1.00 e. The van der Waals surface area contributed by atoms with Gasteiger partial charge in [0.25, 0.3) is 0 Å². The molecule has 0 unspecified atom stereocenters. The van der Waals surface area contributed by atoms with Gasteiger partial charge in [0.1, 0.15) is 5.82 Å². The summed E-state index contributed by atoms with van der Waals surface area (Å²) in [4.78, 5) is 14.3. The number of rotatable bonds is 3. The minimum Gasteiger partial charge on any atom is -0.550 e. The van der Waals surface area contributed by atoms with Gasteiger partial charge in [-0.15, -0.1) is 0 Å². The third-order valence-corrected chi connectivity index (χ3v) is 1.66. The fourth-order valence-electron chi connectivity index (χ4n) is 1.16.